The first kappa shape index (κ1) is 19.1. The number of aromatic carboxylic acids is 1. The first-order chi connectivity index (χ1) is 12.8. The number of fused-ring (bicyclic) bond motifs is 1. The summed E-state index contributed by atoms with van der Waals surface area (Å²) < 4.78 is 15.7. The number of aliphatic hydroxyl groups excluding tert-OH is 1. The number of nitrogens with zero attached hydrogens (tertiary/aromatic N) is 1. The Labute approximate surface area is 159 Å². The lowest BCUT2D eigenvalue weighted by Crippen LogP contribution is -2.21. The summed E-state index contributed by atoms with van der Waals surface area (Å²) in [6.07, 6.45) is 1.44. The van der Waals surface area contributed by atoms with Gasteiger partial charge in [0.1, 0.15) is 11.4 Å². The maximum absolute atomic E-state index is 14.2. The van der Waals surface area contributed by atoms with Crippen LogP contribution in [0.1, 0.15) is 34.5 Å². The van der Waals surface area contributed by atoms with Crippen molar-refractivity contribution in [2.24, 2.45) is 0 Å². The summed E-state index contributed by atoms with van der Waals surface area (Å²) in [4.78, 5) is 24.1. The lowest BCUT2D eigenvalue weighted by atomic mass is 10.0. The normalized spacial score (nSPS) is 12.3. The number of benzene rings is 2. The summed E-state index contributed by atoms with van der Waals surface area (Å²) in [5.74, 6) is -1.86. The molecule has 3 rings (SSSR count). The molecule has 0 saturated heterocycles. The molecular formula is C20H17ClFNO4. The van der Waals surface area contributed by atoms with Gasteiger partial charge < -0.3 is 14.8 Å². The predicted octanol–water partition coefficient (Wildman–Crippen LogP) is 3.64. The Bertz CT molecular complexity index is 1090. The zero-order valence-corrected chi connectivity index (χ0v) is 15.2. The number of hydrogen-bond donors (Lipinski definition) is 2. The van der Waals surface area contributed by atoms with E-state index in [2.05, 4.69) is 0 Å². The van der Waals surface area contributed by atoms with Crippen LogP contribution >= 0.6 is 11.6 Å². The van der Waals surface area contributed by atoms with Gasteiger partial charge in [-0.05, 0) is 36.2 Å². The molecule has 0 bridgehead atoms. The summed E-state index contributed by atoms with van der Waals surface area (Å²) in [7, 11) is 0. The molecule has 3 aromatic rings. The molecule has 0 unspecified atom stereocenters. The van der Waals surface area contributed by atoms with E-state index >= 15 is 0 Å². The van der Waals surface area contributed by atoms with Crippen molar-refractivity contribution in [2.45, 2.75) is 19.4 Å². The van der Waals surface area contributed by atoms with E-state index in [1.54, 1.807) is 41.8 Å². The second-order valence-electron chi connectivity index (χ2n) is 6.36. The van der Waals surface area contributed by atoms with Gasteiger partial charge in [0.15, 0.2) is 0 Å². The van der Waals surface area contributed by atoms with Gasteiger partial charge in [0.25, 0.3) is 0 Å². The summed E-state index contributed by atoms with van der Waals surface area (Å²) in [5, 5.41) is 19.0. The molecule has 1 heterocycles. The lowest BCUT2D eigenvalue weighted by molar-refractivity contribution is 0.0694. The SMILES string of the molecule is C[C@@H](CO)n1cc(C(=O)O)c(=O)c2cc(Cc3cccc(Cl)c3F)ccc21. The Kier molecular flexibility index (Phi) is 5.30. The van der Waals surface area contributed by atoms with Crippen molar-refractivity contribution >= 4 is 28.5 Å². The van der Waals surface area contributed by atoms with E-state index in [4.69, 9.17) is 11.6 Å². The fraction of sp³-hybridized carbons (Fsp3) is 0.200. The van der Waals surface area contributed by atoms with Crippen LogP contribution in [0.15, 0.2) is 47.4 Å². The molecule has 0 aliphatic heterocycles. The lowest BCUT2D eigenvalue weighted by Gasteiger charge is -2.18. The Hall–Kier alpha value is -2.70. The third-order valence-electron chi connectivity index (χ3n) is 4.49. The highest BCUT2D eigenvalue weighted by atomic mass is 35.5. The van der Waals surface area contributed by atoms with Crippen LogP contribution < -0.4 is 5.43 Å². The minimum atomic E-state index is -1.34. The van der Waals surface area contributed by atoms with E-state index in [1.165, 1.54) is 12.3 Å². The number of carboxylic acid groups (broad SMARTS) is 1. The van der Waals surface area contributed by atoms with Gasteiger partial charge in [0.05, 0.1) is 23.2 Å². The van der Waals surface area contributed by atoms with Crippen LogP contribution in [-0.2, 0) is 6.42 Å². The number of aromatic nitrogens is 1. The number of carbonyl (C=O) groups is 1. The first-order valence-electron chi connectivity index (χ1n) is 8.28. The van der Waals surface area contributed by atoms with Crippen molar-refractivity contribution in [3.05, 3.63) is 80.3 Å². The fourth-order valence-corrected chi connectivity index (χ4v) is 3.22. The van der Waals surface area contributed by atoms with Gasteiger partial charge in [-0.25, -0.2) is 9.18 Å². The van der Waals surface area contributed by atoms with E-state index in [0.717, 1.165) is 0 Å². The second kappa shape index (κ2) is 7.50. The molecule has 0 fully saturated rings. The molecule has 2 N–H and O–H groups in total. The summed E-state index contributed by atoms with van der Waals surface area (Å²) in [5.41, 5.74) is 0.523. The number of rotatable bonds is 5. The van der Waals surface area contributed by atoms with Crippen LogP contribution in [0.2, 0.25) is 5.02 Å². The van der Waals surface area contributed by atoms with Crippen LogP contribution in [0, 0.1) is 5.82 Å². The van der Waals surface area contributed by atoms with E-state index in [0.29, 0.717) is 16.6 Å². The summed E-state index contributed by atoms with van der Waals surface area (Å²) in [6, 6.07) is 9.25. The molecule has 0 aliphatic rings. The zero-order valence-electron chi connectivity index (χ0n) is 14.4. The smallest absolute Gasteiger partial charge is 0.341 e. The van der Waals surface area contributed by atoms with Crippen LogP contribution in [0.5, 0.6) is 0 Å². The molecule has 1 aromatic heterocycles. The van der Waals surface area contributed by atoms with Gasteiger partial charge in [-0.15, -0.1) is 0 Å². The molecule has 0 saturated carbocycles. The quantitative estimate of drug-likeness (QED) is 0.698. The number of aliphatic hydroxyl groups is 1. The highest BCUT2D eigenvalue weighted by Crippen LogP contribution is 2.23. The Morgan fingerprint density at radius 3 is 2.70 bits per heavy atom. The average Bonchev–Trinajstić information content (AvgIpc) is 2.65. The van der Waals surface area contributed by atoms with Gasteiger partial charge in [0, 0.05) is 18.0 Å². The molecular weight excluding hydrogens is 373 g/mol. The van der Waals surface area contributed by atoms with Gasteiger partial charge in [-0.1, -0.05) is 29.8 Å². The molecule has 140 valence electrons. The topological polar surface area (TPSA) is 79.5 Å². The molecule has 0 aliphatic carbocycles. The van der Waals surface area contributed by atoms with Crippen molar-refractivity contribution in [3.8, 4) is 0 Å². The van der Waals surface area contributed by atoms with Gasteiger partial charge >= 0.3 is 5.97 Å². The van der Waals surface area contributed by atoms with Crippen LogP contribution in [0.3, 0.4) is 0 Å². The van der Waals surface area contributed by atoms with E-state index in [-0.39, 0.29) is 29.0 Å². The molecule has 1 atom stereocenters. The Morgan fingerprint density at radius 1 is 1.30 bits per heavy atom. The third-order valence-corrected chi connectivity index (χ3v) is 4.78. The number of hydrogen-bond acceptors (Lipinski definition) is 3. The van der Waals surface area contributed by atoms with Crippen LogP contribution in [0.25, 0.3) is 10.9 Å². The summed E-state index contributed by atoms with van der Waals surface area (Å²) >= 11 is 5.81. The van der Waals surface area contributed by atoms with Crippen LogP contribution in [0.4, 0.5) is 4.39 Å². The number of carboxylic acids is 1. The average molecular weight is 390 g/mol. The highest BCUT2D eigenvalue weighted by molar-refractivity contribution is 6.30. The maximum atomic E-state index is 14.2. The van der Waals surface area contributed by atoms with Crippen molar-refractivity contribution in [2.75, 3.05) is 6.61 Å². The van der Waals surface area contributed by atoms with Gasteiger partial charge in [0.2, 0.25) is 5.43 Å². The third kappa shape index (κ3) is 3.59. The van der Waals surface area contributed by atoms with Crippen molar-refractivity contribution in [3.63, 3.8) is 0 Å². The van der Waals surface area contributed by atoms with E-state index in [9.17, 15) is 24.2 Å². The molecule has 2 aromatic carbocycles. The fourth-order valence-electron chi connectivity index (χ4n) is 3.02. The molecule has 0 amide bonds. The zero-order chi connectivity index (χ0) is 19.7. The Morgan fingerprint density at radius 2 is 2.04 bits per heavy atom. The second-order valence-corrected chi connectivity index (χ2v) is 6.76. The Balaban J connectivity index is 2.19. The van der Waals surface area contributed by atoms with E-state index < -0.39 is 23.3 Å². The van der Waals surface area contributed by atoms with Crippen molar-refractivity contribution in [1.29, 1.82) is 0 Å². The molecule has 27 heavy (non-hydrogen) atoms. The van der Waals surface area contributed by atoms with E-state index in [1.807, 2.05) is 0 Å². The number of pyridine rings is 1. The van der Waals surface area contributed by atoms with Gasteiger partial charge in [-0.3, -0.25) is 4.79 Å². The minimum Gasteiger partial charge on any atom is -0.477 e. The van der Waals surface area contributed by atoms with Crippen LogP contribution in [-0.4, -0.2) is 27.4 Å². The van der Waals surface area contributed by atoms with Crippen molar-refractivity contribution in [1.82, 2.24) is 4.57 Å². The largest absolute Gasteiger partial charge is 0.477 e. The predicted molar refractivity (Wildman–Crippen MR) is 101 cm³/mol. The van der Waals surface area contributed by atoms with Crippen molar-refractivity contribution < 1.29 is 19.4 Å². The monoisotopic (exact) mass is 389 g/mol. The summed E-state index contributed by atoms with van der Waals surface area (Å²) in [6.45, 7) is 1.50. The molecule has 0 radical (unpaired) electrons. The highest BCUT2D eigenvalue weighted by Gasteiger charge is 2.17. The first-order valence-corrected chi connectivity index (χ1v) is 8.66. The molecule has 0 spiro atoms. The van der Waals surface area contributed by atoms with Gasteiger partial charge in [-0.2, -0.15) is 0 Å². The minimum absolute atomic E-state index is 0.0144. The number of halogens is 2. The molecule has 7 heteroatoms. The maximum Gasteiger partial charge on any atom is 0.341 e. The molecule has 5 nitrogen and oxygen atoms in total. The standard InChI is InChI=1S/C20H17ClFNO4/c1-11(10-24)23-9-15(20(26)27)19(25)14-8-12(5-6-17(14)23)7-13-3-2-4-16(21)18(13)22/h2-6,8-9,11,24H,7,10H2,1H3,(H,26,27)/t11-/m0/s1.